The van der Waals surface area contributed by atoms with E-state index in [2.05, 4.69) is 26.8 Å². The van der Waals surface area contributed by atoms with Gasteiger partial charge in [-0.05, 0) is 48.9 Å². The van der Waals surface area contributed by atoms with Crippen molar-refractivity contribution in [3.63, 3.8) is 0 Å². The van der Waals surface area contributed by atoms with E-state index >= 15 is 0 Å². The van der Waals surface area contributed by atoms with E-state index in [1.807, 2.05) is 0 Å². The molecule has 1 heterocycles. The van der Waals surface area contributed by atoms with E-state index in [0.717, 1.165) is 0 Å². The molecule has 100 valence electrons. The van der Waals surface area contributed by atoms with Gasteiger partial charge in [-0.15, -0.1) is 0 Å². The van der Waals surface area contributed by atoms with Crippen LogP contribution in [-0.2, 0) is 4.74 Å². The van der Waals surface area contributed by atoms with Crippen molar-refractivity contribution in [2.75, 3.05) is 25.2 Å². The van der Waals surface area contributed by atoms with Gasteiger partial charge in [0.05, 0.1) is 6.61 Å². The molecule has 0 N–H and O–H groups in total. The third-order valence-corrected chi connectivity index (χ3v) is 3.50. The number of hydrogen-bond donors (Lipinski definition) is 0. The molecule has 0 aliphatic heterocycles. The van der Waals surface area contributed by atoms with Crippen LogP contribution >= 0.6 is 23.2 Å². The highest BCUT2D eigenvalue weighted by Gasteiger charge is 2.33. The molecule has 1 fully saturated rings. The number of nitrogens with zero attached hydrogens (tertiary/aromatic N) is 4. The van der Waals surface area contributed by atoms with Gasteiger partial charge in [0, 0.05) is 19.7 Å². The van der Waals surface area contributed by atoms with Crippen molar-refractivity contribution >= 4 is 29.2 Å². The van der Waals surface area contributed by atoms with E-state index in [4.69, 9.17) is 27.9 Å². The molecular formula is C11H16Cl2N4O. The van der Waals surface area contributed by atoms with Crippen molar-refractivity contribution in [2.45, 2.75) is 25.8 Å². The van der Waals surface area contributed by atoms with Gasteiger partial charge in [0.1, 0.15) is 0 Å². The molecule has 7 heteroatoms. The van der Waals surface area contributed by atoms with Gasteiger partial charge >= 0.3 is 0 Å². The standard InChI is InChI=1S/C11H16Cl2N4O/c1-7(8-3-4-8)17(5-6-18-2)11-15-9(12)14-10(13)16-11/h7-8H,3-6H2,1-2H3. The van der Waals surface area contributed by atoms with Gasteiger partial charge < -0.3 is 9.64 Å². The summed E-state index contributed by atoms with van der Waals surface area (Å²) < 4.78 is 5.13. The Morgan fingerprint density at radius 1 is 1.28 bits per heavy atom. The highest BCUT2D eigenvalue weighted by molar-refractivity contribution is 6.31. The molecule has 1 aliphatic carbocycles. The normalized spacial score (nSPS) is 16.7. The predicted molar refractivity (Wildman–Crippen MR) is 71.3 cm³/mol. The van der Waals surface area contributed by atoms with Crippen LogP contribution in [0.25, 0.3) is 0 Å². The molecule has 1 aromatic rings. The van der Waals surface area contributed by atoms with Crippen molar-refractivity contribution in [2.24, 2.45) is 5.92 Å². The molecule has 0 radical (unpaired) electrons. The topological polar surface area (TPSA) is 51.1 Å². The second kappa shape index (κ2) is 5.99. The Bertz CT molecular complexity index is 394. The Kier molecular flexibility index (Phi) is 4.59. The van der Waals surface area contributed by atoms with Crippen molar-refractivity contribution < 1.29 is 4.74 Å². The quantitative estimate of drug-likeness (QED) is 0.805. The van der Waals surface area contributed by atoms with E-state index in [1.54, 1.807) is 7.11 Å². The molecule has 1 aromatic heterocycles. The summed E-state index contributed by atoms with van der Waals surface area (Å²) in [5.74, 6) is 1.22. The molecule has 5 nitrogen and oxygen atoms in total. The Morgan fingerprint density at radius 2 is 1.89 bits per heavy atom. The number of rotatable bonds is 6. The molecule has 0 bridgehead atoms. The van der Waals surface area contributed by atoms with E-state index in [-0.39, 0.29) is 10.6 Å². The van der Waals surface area contributed by atoms with Crippen molar-refractivity contribution in [3.05, 3.63) is 10.6 Å². The lowest BCUT2D eigenvalue weighted by Crippen LogP contribution is -2.38. The minimum atomic E-state index is 0.121. The van der Waals surface area contributed by atoms with Gasteiger partial charge in [-0.2, -0.15) is 15.0 Å². The minimum absolute atomic E-state index is 0.121. The number of methoxy groups -OCH3 is 1. The molecule has 0 amide bonds. The van der Waals surface area contributed by atoms with Gasteiger partial charge in [0.15, 0.2) is 0 Å². The summed E-state index contributed by atoms with van der Waals surface area (Å²) in [6.07, 6.45) is 2.49. The molecule has 1 atom stereocenters. The first-order chi connectivity index (χ1) is 8.61. The van der Waals surface area contributed by atoms with Crippen LogP contribution in [0, 0.1) is 5.92 Å². The molecule has 1 saturated carbocycles. The maximum Gasteiger partial charge on any atom is 0.231 e. The SMILES string of the molecule is COCCN(c1nc(Cl)nc(Cl)n1)C(C)C1CC1. The van der Waals surface area contributed by atoms with E-state index in [0.29, 0.717) is 31.1 Å². The van der Waals surface area contributed by atoms with Crippen LogP contribution < -0.4 is 4.90 Å². The minimum Gasteiger partial charge on any atom is -0.383 e. The summed E-state index contributed by atoms with van der Waals surface area (Å²) in [5.41, 5.74) is 0. The molecule has 1 unspecified atom stereocenters. The van der Waals surface area contributed by atoms with Crippen LogP contribution in [0.15, 0.2) is 0 Å². The fourth-order valence-corrected chi connectivity index (χ4v) is 2.31. The molecule has 0 spiro atoms. The zero-order valence-electron chi connectivity index (χ0n) is 10.4. The fraction of sp³-hybridized carbons (Fsp3) is 0.727. The first kappa shape index (κ1) is 13.8. The monoisotopic (exact) mass is 290 g/mol. The van der Waals surface area contributed by atoms with E-state index in [1.165, 1.54) is 12.8 Å². The van der Waals surface area contributed by atoms with Gasteiger partial charge in [-0.3, -0.25) is 0 Å². The van der Waals surface area contributed by atoms with Crippen LogP contribution in [-0.4, -0.2) is 41.3 Å². The number of hydrogen-bond acceptors (Lipinski definition) is 5. The maximum absolute atomic E-state index is 5.82. The Labute approximate surface area is 116 Å². The van der Waals surface area contributed by atoms with Gasteiger partial charge in [-0.1, -0.05) is 0 Å². The summed E-state index contributed by atoms with van der Waals surface area (Å²) in [4.78, 5) is 14.1. The van der Waals surface area contributed by atoms with Crippen LogP contribution in [0.2, 0.25) is 10.6 Å². The molecule has 1 aliphatic rings. The molecule has 0 aromatic carbocycles. The van der Waals surface area contributed by atoms with Crippen molar-refractivity contribution in [3.8, 4) is 0 Å². The maximum atomic E-state index is 5.82. The summed E-state index contributed by atoms with van der Waals surface area (Å²) in [6, 6.07) is 0.356. The third kappa shape index (κ3) is 3.43. The van der Waals surface area contributed by atoms with Gasteiger partial charge in [0.25, 0.3) is 0 Å². The summed E-state index contributed by atoms with van der Waals surface area (Å²) >= 11 is 11.6. The van der Waals surface area contributed by atoms with Gasteiger partial charge in [-0.25, -0.2) is 0 Å². The average molecular weight is 291 g/mol. The Balaban J connectivity index is 2.20. The fourth-order valence-electron chi connectivity index (χ4n) is 1.95. The number of anilines is 1. The lowest BCUT2D eigenvalue weighted by Gasteiger charge is -2.29. The lowest BCUT2D eigenvalue weighted by atomic mass is 10.2. The summed E-state index contributed by atoms with van der Waals surface area (Å²) in [6.45, 7) is 3.49. The average Bonchev–Trinajstić information content (AvgIpc) is 3.11. The largest absolute Gasteiger partial charge is 0.383 e. The Morgan fingerprint density at radius 3 is 2.39 bits per heavy atom. The summed E-state index contributed by atoms with van der Waals surface area (Å²) in [7, 11) is 1.67. The Hall–Kier alpha value is -0.650. The first-order valence-electron chi connectivity index (χ1n) is 5.94. The zero-order chi connectivity index (χ0) is 13.1. The molecular weight excluding hydrogens is 275 g/mol. The van der Waals surface area contributed by atoms with Crippen LogP contribution in [0.4, 0.5) is 5.95 Å². The number of halogens is 2. The van der Waals surface area contributed by atoms with Crippen LogP contribution in [0.3, 0.4) is 0 Å². The second-order valence-corrected chi connectivity index (χ2v) is 5.11. The zero-order valence-corrected chi connectivity index (χ0v) is 11.9. The number of aromatic nitrogens is 3. The van der Waals surface area contributed by atoms with Gasteiger partial charge in [0.2, 0.25) is 16.5 Å². The molecule has 2 rings (SSSR count). The van der Waals surface area contributed by atoms with E-state index in [9.17, 15) is 0 Å². The van der Waals surface area contributed by atoms with E-state index < -0.39 is 0 Å². The third-order valence-electron chi connectivity index (χ3n) is 3.16. The summed E-state index contributed by atoms with van der Waals surface area (Å²) in [5, 5.41) is 0.242. The van der Waals surface area contributed by atoms with Crippen molar-refractivity contribution in [1.29, 1.82) is 0 Å². The second-order valence-electron chi connectivity index (χ2n) is 4.44. The van der Waals surface area contributed by atoms with Crippen LogP contribution in [0.1, 0.15) is 19.8 Å². The highest BCUT2D eigenvalue weighted by Crippen LogP contribution is 2.36. The lowest BCUT2D eigenvalue weighted by molar-refractivity contribution is 0.202. The molecule has 0 saturated heterocycles. The van der Waals surface area contributed by atoms with Crippen LogP contribution in [0.5, 0.6) is 0 Å². The molecule has 18 heavy (non-hydrogen) atoms. The van der Waals surface area contributed by atoms with Crippen molar-refractivity contribution in [1.82, 2.24) is 15.0 Å². The number of ether oxygens (including phenoxy) is 1. The first-order valence-corrected chi connectivity index (χ1v) is 6.70. The smallest absolute Gasteiger partial charge is 0.231 e. The highest BCUT2D eigenvalue weighted by atomic mass is 35.5. The predicted octanol–water partition coefficient (Wildman–Crippen LogP) is 2.43.